The zero-order valence-electron chi connectivity index (χ0n) is 5.31. The van der Waals surface area contributed by atoms with Crippen molar-refractivity contribution in [3.8, 4) is 0 Å². The Kier molecular flexibility index (Phi) is 1.84. The first-order chi connectivity index (χ1) is 5.25. The normalized spacial score (nSPS) is 10.7. The smallest absolute Gasteiger partial charge is 0.156 e. The van der Waals surface area contributed by atoms with E-state index in [2.05, 4.69) is 53.5 Å². The molecule has 0 atom stereocenters. The highest BCUT2D eigenvalue weighted by Crippen LogP contribution is 2.14. The summed E-state index contributed by atoms with van der Waals surface area (Å²) in [5.41, 5.74) is 1.72. The Morgan fingerprint density at radius 3 is 3.18 bits per heavy atom. The number of nitrogens with zero attached hydrogens (tertiary/aromatic N) is 2. The van der Waals surface area contributed by atoms with E-state index in [1.165, 1.54) is 0 Å². The fourth-order valence-corrected chi connectivity index (χ4v) is 1.69. The second-order valence-electron chi connectivity index (χ2n) is 2.04. The molecular formula is C6H3BrIN3. The van der Waals surface area contributed by atoms with E-state index in [1.807, 2.05) is 6.07 Å². The molecule has 11 heavy (non-hydrogen) atoms. The lowest BCUT2D eigenvalue weighted by molar-refractivity contribution is 1.22. The minimum atomic E-state index is 0.764. The molecule has 2 aromatic rings. The van der Waals surface area contributed by atoms with Crippen molar-refractivity contribution in [2.45, 2.75) is 0 Å². The van der Waals surface area contributed by atoms with Gasteiger partial charge in [-0.15, -0.1) is 0 Å². The third-order valence-electron chi connectivity index (χ3n) is 1.27. The van der Waals surface area contributed by atoms with Crippen molar-refractivity contribution in [1.29, 1.82) is 0 Å². The first kappa shape index (κ1) is 7.48. The van der Waals surface area contributed by atoms with Crippen LogP contribution in [-0.2, 0) is 0 Å². The van der Waals surface area contributed by atoms with Crippen molar-refractivity contribution in [3.63, 3.8) is 0 Å². The predicted molar refractivity (Wildman–Crippen MR) is 54.3 cm³/mol. The highest BCUT2D eigenvalue weighted by atomic mass is 127. The third-order valence-corrected chi connectivity index (χ3v) is 2.23. The van der Waals surface area contributed by atoms with Crippen LogP contribution >= 0.6 is 38.5 Å². The molecule has 0 unspecified atom stereocenters. The average Bonchev–Trinajstić information content (AvgIpc) is 2.27. The fraction of sp³-hybridized carbons (Fsp3) is 0. The molecule has 2 rings (SSSR count). The first-order valence-corrected chi connectivity index (χ1v) is 4.79. The summed E-state index contributed by atoms with van der Waals surface area (Å²) in [5.74, 6) is 0. The zero-order valence-corrected chi connectivity index (χ0v) is 9.05. The Balaban J connectivity index is 2.82. The summed E-state index contributed by atoms with van der Waals surface area (Å²) < 4.78 is 1.82. The van der Waals surface area contributed by atoms with Crippen LogP contribution in [0.15, 0.2) is 16.9 Å². The van der Waals surface area contributed by atoms with Gasteiger partial charge in [0.25, 0.3) is 0 Å². The maximum absolute atomic E-state index is 4.21. The number of H-pyrrole nitrogens is 1. The summed E-state index contributed by atoms with van der Waals surface area (Å²) in [6.07, 6.45) is 1.68. The monoisotopic (exact) mass is 323 g/mol. The molecule has 0 radical (unpaired) electrons. The SMILES string of the molecule is Brc1cnc2[nH]c(I)cc2n1. The van der Waals surface area contributed by atoms with E-state index in [9.17, 15) is 0 Å². The minimum absolute atomic E-state index is 0.764. The molecule has 56 valence electrons. The molecule has 0 fully saturated rings. The van der Waals surface area contributed by atoms with E-state index in [1.54, 1.807) is 6.20 Å². The number of hydrogen-bond donors (Lipinski definition) is 1. The summed E-state index contributed by atoms with van der Waals surface area (Å²) >= 11 is 5.45. The van der Waals surface area contributed by atoms with Gasteiger partial charge in [-0.05, 0) is 44.6 Å². The van der Waals surface area contributed by atoms with Gasteiger partial charge >= 0.3 is 0 Å². The molecule has 3 nitrogen and oxygen atoms in total. The van der Waals surface area contributed by atoms with Gasteiger partial charge in [0.1, 0.15) is 10.1 Å². The lowest BCUT2D eigenvalue weighted by Gasteiger charge is -1.87. The largest absolute Gasteiger partial charge is 0.333 e. The number of nitrogens with one attached hydrogen (secondary N) is 1. The maximum atomic E-state index is 4.21. The fourth-order valence-electron chi connectivity index (χ4n) is 0.847. The summed E-state index contributed by atoms with van der Waals surface area (Å²) in [4.78, 5) is 11.4. The Labute approximate surface area is 84.9 Å². The number of hydrogen-bond acceptors (Lipinski definition) is 2. The van der Waals surface area contributed by atoms with Crippen molar-refractivity contribution < 1.29 is 0 Å². The summed E-state index contributed by atoms with van der Waals surface area (Å²) in [6.45, 7) is 0. The third kappa shape index (κ3) is 1.39. The van der Waals surface area contributed by atoms with E-state index >= 15 is 0 Å². The molecule has 0 saturated carbocycles. The average molecular weight is 324 g/mol. The van der Waals surface area contributed by atoms with Gasteiger partial charge < -0.3 is 4.98 Å². The van der Waals surface area contributed by atoms with Crippen molar-refractivity contribution in [2.75, 3.05) is 0 Å². The quantitative estimate of drug-likeness (QED) is 0.756. The van der Waals surface area contributed by atoms with Gasteiger partial charge in [0.2, 0.25) is 0 Å². The Morgan fingerprint density at radius 1 is 1.55 bits per heavy atom. The summed E-state index contributed by atoms with van der Waals surface area (Å²) in [5, 5.41) is 0. The maximum Gasteiger partial charge on any atom is 0.156 e. The number of fused-ring (bicyclic) bond motifs is 1. The van der Waals surface area contributed by atoms with Gasteiger partial charge in [-0.2, -0.15) is 0 Å². The van der Waals surface area contributed by atoms with Crippen molar-refractivity contribution in [3.05, 3.63) is 20.6 Å². The van der Waals surface area contributed by atoms with Crippen LogP contribution in [-0.4, -0.2) is 15.0 Å². The highest BCUT2D eigenvalue weighted by molar-refractivity contribution is 14.1. The van der Waals surface area contributed by atoms with Gasteiger partial charge in [0, 0.05) is 0 Å². The van der Waals surface area contributed by atoms with Crippen LogP contribution < -0.4 is 0 Å². The lowest BCUT2D eigenvalue weighted by Crippen LogP contribution is -1.79. The Bertz CT molecular complexity index is 398. The standard InChI is InChI=1S/C6H3BrIN3/c7-4-2-9-6-3(10-4)1-5(8)11-6/h1-2H,(H,9,11). The lowest BCUT2D eigenvalue weighted by atomic mass is 10.5. The number of halogens is 2. The van der Waals surface area contributed by atoms with Crippen LogP contribution in [0.3, 0.4) is 0 Å². The summed E-state index contributed by atoms with van der Waals surface area (Å²) in [6, 6.07) is 1.95. The predicted octanol–water partition coefficient (Wildman–Crippen LogP) is 2.32. The molecule has 0 aliphatic heterocycles. The van der Waals surface area contributed by atoms with Crippen LogP contribution in [0.1, 0.15) is 0 Å². The molecule has 5 heteroatoms. The van der Waals surface area contributed by atoms with Crippen LogP contribution in [0.25, 0.3) is 11.2 Å². The zero-order chi connectivity index (χ0) is 7.84. The van der Waals surface area contributed by atoms with Crippen LogP contribution in [0.4, 0.5) is 0 Å². The second-order valence-corrected chi connectivity index (χ2v) is 4.02. The molecule has 1 N–H and O–H groups in total. The van der Waals surface area contributed by atoms with Crippen LogP contribution in [0.5, 0.6) is 0 Å². The van der Waals surface area contributed by atoms with Crippen molar-refractivity contribution >= 4 is 49.7 Å². The van der Waals surface area contributed by atoms with E-state index in [-0.39, 0.29) is 0 Å². The van der Waals surface area contributed by atoms with E-state index in [0.717, 1.165) is 19.5 Å². The van der Waals surface area contributed by atoms with Crippen LogP contribution in [0, 0.1) is 3.70 Å². The van der Waals surface area contributed by atoms with Crippen LogP contribution in [0.2, 0.25) is 0 Å². The molecule has 0 aliphatic carbocycles. The second kappa shape index (κ2) is 2.71. The molecule has 0 amide bonds. The molecule has 0 spiro atoms. The molecule has 0 aliphatic rings. The van der Waals surface area contributed by atoms with Gasteiger partial charge in [0.05, 0.1) is 9.90 Å². The van der Waals surface area contributed by atoms with Crippen molar-refractivity contribution in [1.82, 2.24) is 15.0 Å². The Morgan fingerprint density at radius 2 is 2.36 bits per heavy atom. The minimum Gasteiger partial charge on any atom is -0.333 e. The summed E-state index contributed by atoms with van der Waals surface area (Å²) in [7, 11) is 0. The molecule has 0 aromatic carbocycles. The van der Waals surface area contributed by atoms with E-state index < -0.39 is 0 Å². The molecular weight excluding hydrogens is 321 g/mol. The van der Waals surface area contributed by atoms with Crippen molar-refractivity contribution in [2.24, 2.45) is 0 Å². The first-order valence-electron chi connectivity index (χ1n) is 2.92. The van der Waals surface area contributed by atoms with E-state index in [0.29, 0.717) is 0 Å². The van der Waals surface area contributed by atoms with Gasteiger partial charge in [0.15, 0.2) is 5.65 Å². The number of rotatable bonds is 0. The molecule has 0 saturated heterocycles. The molecule has 0 bridgehead atoms. The highest BCUT2D eigenvalue weighted by Gasteiger charge is 2.00. The van der Waals surface area contributed by atoms with E-state index in [4.69, 9.17) is 0 Å². The van der Waals surface area contributed by atoms with Gasteiger partial charge in [-0.25, -0.2) is 9.97 Å². The topological polar surface area (TPSA) is 41.6 Å². The van der Waals surface area contributed by atoms with Gasteiger partial charge in [-0.1, -0.05) is 0 Å². The molecule has 2 aromatic heterocycles. The molecule has 2 heterocycles. The number of aromatic amines is 1. The number of aromatic nitrogens is 3. The van der Waals surface area contributed by atoms with Gasteiger partial charge in [-0.3, -0.25) is 0 Å². The Hall–Kier alpha value is -0.170.